The number of nitrogens with one attached hydrogen (secondary N) is 1. The summed E-state index contributed by atoms with van der Waals surface area (Å²) in [5, 5.41) is 3.77. The first kappa shape index (κ1) is 8.55. The van der Waals surface area contributed by atoms with Crippen LogP contribution in [-0.2, 0) is 0 Å². The molecule has 0 heterocycles. The molecular weight excluding hydrogens is 146 g/mol. The molecule has 0 amide bonds. The van der Waals surface area contributed by atoms with Crippen LogP contribution in [0.4, 0.5) is 0 Å². The quantitative estimate of drug-likeness (QED) is 0.681. The lowest BCUT2D eigenvalue weighted by molar-refractivity contribution is 0.411. The van der Waals surface area contributed by atoms with Crippen LogP contribution in [0, 0.1) is 11.8 Å². The van der Waals surface area contributed by atoms with E-state index in [0.717, 1.165) is 23.9 Å². The minimum atomic E-state index is 0.792. The van der Waals surface area contributed by atoms with Crippen LogP contribution in [0.15, 0.2) is 0 Å². The van der Waals surface area contributed by atoms with Gasteiger partial charge in [0.05, 0.1) is 0 Å². The van der Waals surface area contributed by atoms with E-state index in [1.165, 1.54) is 32.1 Å². The zero-order valence-corrected chi connectivity index (χ0v) is 8.34. The van der Waals surface area contributed by atoms with Crippen LogP contribution in [-0.4, -0.2) is 12.1 Å². The molecule has 1 heteroatoms. The van der Waals surface area contributed by atoms with Gasteiger partial charge in [-0.25, -0.2) is 0 Å². The van der Waals surface area contributed by atoms with E-state index in [1.807, 2.05) is 0 Å². The van der Waals surface area contributed by atoms with Crippen LogP contribution in [0.2, 0.25) is 0 Å². The summed E-state index contributed by atoms with van der Waals surface area (Å²) in [5.74, 6) is 1.98. The summed E-state index contributed by atoms with van der Waals surface area (Å²) in [6.07, 6.45) is 7.21. The molecular formula is C11H21N. The van der Waals surface area contributed by atoms with Crippen LogP contribution in [0.1, 0.15) is 46.0 Å². The van der Waals surface area contributed by atoms with E-state index in [1.54, 1.807) is 0 Å². The van der Waals surface area contributed by atoms with E-state index in [9.17, 15) is 0 Å². The van der Waals surface area contributed by atoms with Crippen molar-refractivity contribution in [2.45, 2.75) is 58.0 Å². The molecule has 3 unspecified atom stereocenters. The third-order valence-corrected chi connectivity index (χ3v) is 3.52. The third kappa shape index (κ3) is 2.01. The van der Waals surface area contributed by atoms with Gasteiger partial charge in [-0.2, -0.15) is 0 Å². The van der Waals surface area contributed by atoms with Crippen molar-refractivity contribution in [1.82, 2.24) is 5.32 Å². The van der Waals surface area contributed by atoms with Gasteiger partial charge in [-0.1, -0.05) is 6.92 Å². The van der Waals surface area contributed by atoms with Crippen molar-refractivity contribution < 1.29 is 0 Å². The summed E-state index contributed by atoms with van der Waals surface area (Å²) < 4.78 is 0. The molecule has 0 radical (unpaired) electrons. The fraction of sp³-hybridized carbons (Fsp3) is 1.00. The molecule has 0 saturated heterocycles. The van der Waals surface area contributed by atoms with Gasteiger partial charge in [0.2, 0.25) is 0 Å². The number of hydrogen-bond donors (Lipinski definition) is 1. The average Bonchev–Trinajstić information content (AvgIpc) is 2.78. The molecule has 0 spiro atoms. The largest absolute Gasteiger partial charge is 0.311 e. The van der Waals surface area contributed by atoms with E-state index >= 15 is 0 Å². The Bertz CT molecular complexity index is 151. The Morgan fingerprint density at radius 1 is 1.17 bits per heavy atom. The van der Waals surface area contributed by atoms with Crippen LogP contribution in [0.5, 0.6) is 0 Å². The number of rotatable bonds is 3. The van der Waals surface area contributed by atoms with E-state index in [4.69, 9.17) is 0 Å². The lowest BCUT2D eigenvalue weighted by atomic mass is 10.1. The van der Waals surface area contributed by atoms with Crippen molar-refractivity contribution in [1.29, 1.82) is 0 Å². The minimum Gasteiger partial charge on any atom is -0.311 e. The van der Waals surface area contributed by atoms with Crippen molar-refractivity contribution >= 4 is 0 Å². The molecule has 1 nitrogen and oxygen atoms in total. The normalized spacial score (nSPS) is 38.5. The second-order valence-corrected chi connectivity index (χ2v) is 4.91. The predicted molar refractivity (Wildman–Crippen MR) is 52.1 cm³/mol. The average molecular weight is 167 g/mol. The Morgan fingerprint density at radius 2 is 1.92 bits per heavy atom. The topological polar surface area (TPSA) is 12.0 Å². The molecule has 1 N–H and O–H groups in total. The first-order valence-electron chi connectivity index (χ1n) is 5.51. The Kier molecular flexibility index (Phi) is 2.40. The zero-order chi connectivity index (χ0) is 8.55. The fourth-order valence-corrected chi connectivity index (χ4v) is 2.46. The highest BCUT2D eigenvalue weighted by Gasteiger charge is 2.30. The van der Waals surface area contributed by atoms with Gasteiger partial charge in [-0.3, -0.25) is 0 Å². The third-order valence-electron chi connectivity index (χ3n) is 3.52. The maximum Gasteiger partial charge on any atom is 0.00722 e. The standard InChI is InChI=1S/C11H21N/c1-8-3-6-11(7-8)12-9(2)10-4-5-10/h8-12H,3-7H2,1-2H3. The molecule has 2 aliphatic rings. The van der Waals surface area contributed by atoms with Gasteiger partial charge in [0.25, 0.3) is 0 Å². The molecule has 2 rings (SSSR count). The fourth-order valence-electron chi connectivity index (χ4n) is 2.46. The predicted octanol–water partition coefficient (Wildman–Crippen LogP) is 2.56. The van der Waals surface area contributed by atoms with Crippen LogP contribution < -0.4 is 5.32 Å². The highest BCUT2D eigenvalue weighted by Crippen LogP contribution is 2.34. The molecule has 12 heavy (non-hydrogen) atoms. The van der Waals surface area contributed by atoms with Gasteiger partial charge in [-0.15, -0.1) is 0 Å². The molecule has 0 aromatic rings. The van der Waals surface area contributed by atoms with Gasteiger partial charge in [0.15, 0.2) is 0 Å². The maximum absolute atomic E-state index is 3.77. The second-order valence-electron chi connectivity index (χ2n) is 4.91. The van der Waals surface area contributed by atoms with Crippen molar-refractivity contribution in [2.75, 3.05) is 0 Å². The molecule has 2 fully saturated rings. The van der Waals surface area contributed by atoms with Crippen molar-refractivity contribution in [2.24, 2.45) is 11.8 Å². The molecule has 3 atom stereocenters. The first-order valence-corrected chi connectivity index (χ1v) is 5.51. The van der Waals surface area contributed by atoms with Crippen LogP contribution in [0.3, 0.4) is 0 Å². The summed E-state index contributed by atoms with van der Waals surface area (Å²) in [6.45, 7) is 4.74. The summed E-state index contributed by atoms with van der Waals surface area (Å²) in [4.78, 5) is 0. The van der Waals surface area contributed by atoms with Gasteiger partial charge in [-0.05, 0) is 50.9 Å². The van der Waals surface area contributed by atoms with Gasteiger partial charge in [0, 0.05) is 12.1 Å². The lowest BCUT2D eigenvalue weighted by Gasteiger charge is -2.18. The highest BCUT2D eigenvalue weighted by atomic mass is 15.0. The van der Waals surface area contributed by atoms with E-state index in [0.29, 0.717) is 0 Å². The van der Waals surface area contributed by atoms with E-state index < -0.39 is 0 Å². The summed E-state index contributed by atoms with van der Waals surface area (Å²) in [7, 11) is 0. The van der Waals surface area contributed by atoms with Crippen LogP contribution >= 0.6 is 0 Å². The highest BCUT2D eigenvalue weighted by molar-refractivity contribution is 4.87. The Labute approximate surface area is 75.9 Å². The Balaban J connectivity index is 1.71. The van der Waals surface area contributed by atoms with Crippen molar-refractivity contribution in [3.63, 3.8) is 0 Å². The van der Waals surface area contributed by atoms with Crippen molar-refractivity contribution in [3.8, 4) is 0 Å². The lowest BCUT2D eigenvalue weighted by Crippen LogP contribution is -2.36. The van der Waals surface area contributed by atoms with Gasteiger partial charge < -0.3 is 5.32 Å². The molecule has 0 aromatic carbocycles. The maximum atomic E-state index is 3.77. The molecule has 70 valence electrons. The van der Waals surface area contributed by atoms with Crippen LogP contribution in [0.25, 0.3) is 0 Å². The minimum absolute atomic E-state index is 0.792. The summed E-state index contributed by atoms with van der Waals surface area (Å²) >= 11 is 0. The van der Waals surface area contributed by atoms with Gasteiger partial charge in [0.1, 0.15) is 0 Å². The SMILES string of the molecule is CC1CCC(NC(C)C2CC2)C1. The molecule has 2 saturated carbocycles. The summed E-state index contributed by atoms with van der Waals surface area (Å²) in [6, 6.07) is 1.64. The monoisotopic (exact) mass is 167 g/mol. The molecule has 0 aromatic heterocycles. The van der Waals surface area contributed by atoms with E-state index in [-0.39, 0.29) is 0 Å². The Morgan fingerprint density at radius 3 is 2.42 bits per heavy atom. The molecule has 2 aliphatic carbocycles. The second kappa shape index (κ2) is 3.37. The zero-order valence-electron chi connectivity index (χ0n) is 8.34. The molecule has 0 bridgehead atoms. The van der Waals surface area contributed by atoms with E-state index in [2.05, 4.69) is 19.2 Å². The first-order chi connectivity index (χ1) is 5.75. The number of hydrogen-bond acceptors (Lipinski definition) is 1. The molecule has 0 aliphatic heterocycles. The Hall–Kier alpha value is -0.0400. The van der Waals surface area contributed by atoms with Crippen molar-refractivity contribution in [3.05, 3.63) is 0 Å². The van der Waals surface area contributed by atoms with Gasteiger partial charge >= 0.3 is 0 Å². The smallest absolute Gasteiger partial charge is 0.00722 e. The summed E-state index contributed by atoms with van der Waals surface area (Å²) in [5.41, 5.74) is 0.